The maximum atomic E-state index is 6.00. The quantitative estimate of drug-likeness (QED) is 0.836. The van der Waals surface area contributed by atoms with E-state index >= 15 is 0 Å². The molecular weight excluding hydrogens is 224 g/mol. The highest BCUT2D eigenvalue weighted by atomic mass is 16.5. The highest BCUT2D eigenvalue weighted by molar-refractivity contribution is 5.40. The first-order chi connectivity index (χ1) is 8.72. The van der Waals surface area contributed by atoms with E-state index in [1.807, 2.05) is 0 Å². The summed E-state index contributed by atoms with van der Waals surface area (Å²) in [4.78, 5) is 2.43. The summed E-state index contributed by atoms with van der Waals surface area (Å²) >= 11 is 0. The SMILES string of the molecule is CCN(CCCN)CC1Cc2cc(C)ccc2O1. The molecule has 0 fully saturated rings. The lowest BCUT2D eigenvalue weighted by Crippen LogP contribution is -2.36. The monoisotopic (exact) mass is 248 g/mol. The lowest BCUT2D eigenvalue weighted by atomic mass is 10.1. The lowest BCUT2D eigenvalue weighted by molar-refractivity contribution is 0.154. The fourth-order valence-electron chi connectivity index (χ4n) is 2.53. The summed E-state index contributed by atoms with van der Waals surface area (Å²) in [5, 5.41) is 0. The van der Waals surface area contributed by atoms with Gasteiger partial charge in [-0.25, -0.2) is 0 Å². The standard InChI is InChI=1S/C15H24N2O/c1-3-17(8-4-7-16)11-14-10-13-9-12(2)5-6-15(13)18-14/h5-6,9,14H,3-4,7-8,10-11,16H2,1-2H3. The van der Waals surface area contributed by atoms with Gasteiger partial charge in [-0.05, 0) is 44.6 Å². The Morgan fingerprint density at radius 1 is 1.44 bits per heavy atom. The molecule has 1 unspecified atom stereocenters. The topological polar surface area (TPSA) is 38.5 Å². The Hall–Kier alpha value is -1.06. The summed E-state index contributed by atoms with van der Waals surface area (Å²) in [6.45, 7) is 8.24. The van der Waals surface area contributed by atoms with Crippen molar-refractivity contribution in [3.8, 4) is 5.75 Å². The van der Waals surface area contributed by atoms with Crippen molar-refractivity contribution in [3.05, 3.63) is 29.3 Å². The molecule has 1 aliphatic rings. The zero-order chi connectivity index (χ0) is 13.0. The molecule has 0 bridgehead atoms. The van der Waals surface area contributed by atoms with Crippen molar-refractivity contribution in [2.75, 3.05) is 26.2 Å². The molecule has 0 spiro atoms. The Morgan fingerprint density at radius 3 is 3.00 bits per heavy atom. The Labute approximate surface area is 110 Å². The molecule has 0 saturated carbocycles. The van der Waals surface area contributed by atoms with E-state index in [1.165, 1.54) is 11.1 Å². The number of nitrogens with zero attached hydrogens (tertiary/aromatic N) is 1. The minimum Gasteiger partial charge on any atom is -0.488 e. The third-order valence-corrected chi connectivity index (χ3v) is 3.54. The van der Waals surface area contributed by atoms with Gasteiger partial charge in [0.05, 0.1) is 0 Å². The number of hydrogen-bond donors (Lipinski definition) is 1. The van der Waals surface area contributed by atoms with Crippen LogP contribution in [0, 0.1) is 6.92 Å². The van der Waals surface area contributed by atoms with Crippen LogP contribution in [-0.2, 0) is 6.42 Å². The van der Waals surface area contributed by atoms with Crippen LogP contribution in [0.1, 0.15) is 24.5 Å². The zero-order valence-corrected chi connectivity index (χ0v) is 11.5. The van der Waals surface area contributed by atoms with Gasteiger partial charge in [0.1, 0.15) is 11.9 Å². The van der Waals surface area contributed by atoms with Gasteiger partial charge >= 0.3 is 0 Å². The zero-order valence-electron chi connectivity index (χ0n) is 11.5. The van der Waals surface area contributed by atoms with Crippen LogP contribution in [-0.4, -0.2) is 37.2 Å². The second-order valence-electron chi connectivity index (χ2n) is 5.09. The number of fused-ring (bicyclic) bond motifs is 1. The molecule has 0 aliphatic carbocycles. The molecule has 0 amide bonds. The van der Waals surface area contributed by atoms with Crippen molar-refractivity contribution in [1.82, 2.24) is 4.90 Å². The van der Waals surface area contributed by atoms with Gasteiger partial charge in [-0.3, -0.25) is 4.90 Å². The van der Waals surface area contributed by atoms with E-state index in [9.17, 15) is 0 Å². The first-order valence-corrected chi connectivity index (χ1v) is 6.91. The summed E-state index contributed by atoms with van der Waals surface area (Å²) in [5.41, 5.74) is 8.24. The van der Waals surface area contributed by atoms with Crippen LogP contribution in [0.3, 0.4) is 0 Å². The largest absolute Gasteiger partial charge is 0.488 e. The smallest absolute Gasteiger partial charge is 0.123 e. The third kappa shape index (κ3) is 3.24. The van der Waals surface area contributed by atoms with Gasteiger partial charge < -0.3 is 10.5 Å². The summed E-state index contributed by atoms with van der Waals surface area (Å²) in [7, 11) is 0. The minimum atomic E-state index is 0.305. The van der Waals surface area contributed by atoms with Crippen LogP contribution in [0.25, 0.3) is 0 Å². The fourth-order valence-corrected chi connectivity index (χ4v) is 2.53. The van der Waals surface area contributed by atoms with E-state index in [1.54, 1.807) is 0 Å². The van der Waals surface area contributed by atoms with E-state index in [2.05, 4.69) is 36.9 Å². The molecule has 100 valence electrons. The lowest BCUT2D eigenvalue weighted by Gasteiger charge is -2.23. The predicted molar refractivity (Wildman–Crippen MR) is 75.1 cm³/mol. The normalized spacial score (nSPS) is 17.9. The Bertz CT molecular complexity index is 392. The van der Waals surface area contributed by atoms with Gasteiger partial charge in [-0.1, -0.05) is 24.6 Å². The molecule has 0 saturated heterocycles. The Kier molecular flexibility index (Phi) is 4.61. The number of rotatable bonds is 6. The molecule has 3 heteroatoms. The van der Waals surface area contributed by atoms with Crippen molar-refractivity contribution >= 4 is 0 Å². The molecule has 0 aromatic heterocycles. The first kappa shape index (κ1) is 13.4. The van der Waals surface area contributed by atoms with Crippen LogP contribution < -0.4 is 10.5 Å². The average Bonchev–Trinajstić information content (AvgIpc) is 2.75. The van der Waals surface area contributed by atoms with Crippen LogP contribution in [0.15, 0.2) is 18.2 Å². The van der Waals surface area contributed by atoms with Gasteiger partial charge in [0.25, 0.3) is 0 Å². The summed E-state index contributed by atoms with van der Waals surface area (Å²) in [6, 6.07) is 6.46. The van der Waals surface area contributed by atoms with E-state index in [-0.39, 0.29) is 0 Å². The van der Waals surface area contributed by atoms with Crippen molar-refractivity contribution in [2.24, 2.45) is 5.73 Å². The van der Waals surface area contributed by atoms with Crippen LogP contribution >= 0.6 is 0 Å². The van der Waals surface area contributed by atoms with Crippen molar-refractivity contribution in [3.63, 3.8) is 0 Å². The number of likely N-dealkylation sites (N-methyl/N-ethyl adjacent to an activating group) is 1. The van der Waals surface area contributed by atoms with Crippen LogP contribution in [0.5, 0.6) is 5.75 Å². The molecule has 3 nitrogen and oxygen atoms in total. The van der Waals surface area contributed by atoms with Gasteiger partial charge in [-0.15, -0.1) is 0 Å². The molecule has 1 aliphatic heterocycles. The molecular formula is C15H24N2O. The second-order valence-corrected chi connectivity index (χ2v) is 5.09. The summed E-state index contributed by atoms with van der Waals surface area (Å²) < 4.78 is 6.00. The van der Waals surface area contributed by atoms with Gasteiger partial charge in [0.2, 0.25) is 0 Å². The predicted octanol–water partition coefficient (Wildman–Crippen LogP) is 1.97. The third-order valence-electron chi connectivity index (χ3n) is 3.54. The van der Waals surface area contributed by atoms with Crippen molar-refractivity contribution < 1.29 is 4.74 Å². The number of hydrogen-bond acceptors (Lipinski definition) is 3. The molecule has 1 heterocycles. The Balaban J connectivity index is 1.90. The van der Waals surface area contributed by atoms with E-state index in [4.69, 9.17) is 10.5 Å². The maximum Gasteiger partial charge on any atom is 0.123 e. The van der Waals surface area contributed by atoms with E-state index in [0.29, 0.717) is 6.10 Å². The highest BCUT2D eigenvalue weighted by Crippen LogP contribution is 2.29. The number of aryl methyl sites for hydroxylation is 1. The molecule has 2 N–H and O–H groups in total. The Morgan fingerprint density at radius 2 is 2.28 bits per heavy atom. The number of nitrogens with two attached hydrogens (primary N) is 1. The molecule has 1 aromatic carbocycles. The van der Waals surface area contributed by atoms with Crippen molar-refractivity contribution in [2.45, 2.75) is 32.8 Å². The van der Waals surface area contributed by atoms with Crippen LogP contribution in [0.2, 0.25) is 0 Å². The average molecular weight is 248 g/mol. The van der Waals surface area contributed by atoms with E-state index in [0.717, 1.165) is 44.8 Å². The van der Waals surface area contributed by atoms with Gasteiger partial charge in [-0.2, -0.15) is 0 Å². The van der Waals surface area contributed by atoms with Crippen LogP contribution in [0.4, 0.5) is 0 Å². The summed E-state index contributed by atoms with van der Waals surface area (Å²) in [6.07, 6.45) is 2.41. The fraction of sp³-hybridized carbons (Fsp3) is 0.600. The minimum absolute atomic E-state index is 0.305. The first-order valence-electron chi connectivity index (χ1n) is 6.91. The molecule has 2 rings (SSSR count). The number of benzene rings is 1. The molecule has 0 radical (unpaired) electrons. The summed E-state index contributed by atoms with van der Waals surface area (Å²) in [5.74, 6) is 1.07. The highest BCUT2D eigenvalue weighted by Gasteiger charge is 2.24. The maximum absolute atomic E-state index is 6.00. The van der Waals surface area contributed by atoms with Gasteiger partial charge in [0.15, 0.2) is 0 Å². The van der Waals surface area contributed by atoms with E-state index < -0.39 is 0 Å². The number of ether oxygens (including phenoxy) is 1. The molecule has 1 atom stereocenters. The van der Waals surface area contributed by atoms with Gasteiger partial charge in [0, 0.05) is 13.0 Å². The molecule has 18 heavy (non-hydrogen) atoms. The molecule has 1 aromatic rings. The van der Waals surface area contributed by atoms with Crippen molar-refractivity contribution in [1.29, 1.82) is 0 Å². The second kappa shape index (κ2) is 6.21.